The van der Waals surface area contributed by atoms with Crippen LogP contribution in [0.2, 0.25) is 0 Å². The molecule has 0 unspecified atom stereocenters. The summed E-state index contributed by atoms with van der Waals surface area (Å²) in [6.45, 7) is 0.611. The Labute approximate surface area is 124 Å². The van der Waals surface area contributed by atoms with Crippen molar-refractivity contribution in [3.8, 4) is 11.3 Å². The summed E-state index contributed by atoms with van der Waals surface area (Å²) in [7, 11) is 1.98. The molecule has 0 bridgehead atoms. The van der Waals surface area contributed by atoms with Crippen LogP contribution in [-0.4, -0.2) is 16.3 Å². The monoisotopic (exact) mass is 335 g/mol. The van der Waals surface area contributed by atoms with Crippen molar-refractivity contribution in [3.05, 3.63) is 39.8 Å². The number of aromatic nitrogens is 2. The number of hydrogen-bond acceptors (Lipinski definition) is 3. The van der Waals surface area contributed by atoms with Crippen molar-refractivity contribution in [2.75, 3.05) is 6.54 Å². The number of fused-ring (bicyclic) bond motifs is 1. The van der Waals surface area contributed by atoms with Crippen LogP contribution in [0.1, 0.15) is 5.69 Å². The van der Waals surface area contributed by atoms with Crippen LogP contribution in [0.3, 0.4) is 0 Å². The van der Waals surface area contributed by atoms with Gasteiger partial charge in [0.25, 0.3) is 0 Å². The third kappa shape index (κ3) is 2.12. The van der Waals surface area contributed by atoms with Crippen molar-refractivity contribution in [1.82, 2.24) is 9.78 Å². The van der Waals surface area contributed by atoms with E-state index < -0.39 is 0 Å². The summed E-state index contributed by atoms with van der Waals surface area (Å²) in [6, 6.07) is 8.45. The minimum Gasteiger partial charge on any atom is -0.330 e. The second-order valence-corrected chi connectivity index (χ2v) is 6.12. The molecule has 3 nitrogen and oxygen atoms in total. The lowest BCUT2D eigenvalue weighted by Gasteiger charge is -2.01. The number of nitrogens with zero attached hydrogens (tertiary/aromatic N) is 2. The molecule has 0 saturated carbocycles. The first kappa shape index (κ1) is 12.8. The Balaban J connectivity index is 2.21. The molecule has 0 aliphatic carbocycles. The van der Waals surface area contributed by atoms with E-state index in [9.17, 15) is 0 Å². The highest BCUT2D eigenvalue weighted by molar-refractivity contribution is 9.10. The van der Waals surface area contributed by atoms with E-state index in [1.807, 2.05) is 11.7 Å². The Kier molecular flexibility index (Phi) is 3.43. The lowest BCUT2D eigenvalue weighted by Crippen LogP contribution is -2.04. The fourth-order valence-corrected chi connectivity index (χ4v) is 4.00. The van der Waals surface area contributed by atoms with Gasteiger partial charge in [-0.1, -0.05) is 18.2 Å². The minimum absolute atomic E-state index is 0.611. The SMILES string of the molecule is Cn1nc(CCN)c(Br)c1-c1csc2ccccc12. The van der Waals surface area contributed by atoms with Crippen LogP contribution in [0.5, 0.6) is 0 Å². The van der Waals surface area contributed by atoms with Crippen molar-refractivity contribution in [2.24, 2.45) is 12.8 Å². The second kappa shape index (κ2) is 5.07. The summed E-state index contributed by atoms with van der Waals surface area (Å²) in [5.74, 6) is 0. The summed E-state index contributed by atoms with van der Waals surface area (Å²) >= 11 is 5.44. The highest BCUT2D eigenvalue weighted by Gasteiger charge is 2.17. The average molecular weight is 336 g/mol. The number of hydrogen-bond donors (Lipinski definition) is 1. The summed E-state index contributed by atoms with van der Waals surface area (Å²) in [5.41, 5.74) is 9.01. The van der Waals surface area contributed by atoms with Crippen LogP contribution in [0.25, 0.3) is 21.3 Å². The van der Waals surface area contributed by atoms with Crippen molar-refractivity contribution < 1.29 is 0 Å². The first-order valence-electron chi connectivity index (χ1n) is 6.10. The predicted octanol–water partition coefficient (Wildman–Crippen LogP) is 3.57. The Hall–Kier alpha value is -1.17. The van der Waals surface area contributed by atoms with Crippen LogP contribution < -0.4 is 5.73 Å². The summed E-state index contributed by atoms with van der Waals surface area (Å²) < 4.78 is 4.29. The van der Waals surface area contributed by atoms with Gasteiger partial charge in [0, 0.05) is 34.5 Å². The third-order valence-corrected chi connectivity index (χ3v) is 4.97. The van der Waals surface area contributed by atoms with Gasteiger partial charge in [-0.15, -0.1) is 11.3 Å². The van der Waals surface area contributed by atoms with Gasteiger partial charge in [0.1, 0.15) is 0 Å². The maximum Gasteiger partial charge on any atom is 0.0838 e. The quantitative estimate of drug-likeness (QED) is 0.795. The molecule has 0 aliphatic heterocycles. The molecule has 2 heterocycles. The normalized spacial score (nSPS) is 11.3. The average Bonchev–Trinajstić information content (AvgIpc) is 2.93. The maximum atomic E-state index is 5.63. The lowest BCUT2D eigenvalue weighted by atomic mass is 10.1. The largest absolute Gasteiger partial charge is 0.330 e. The predicted molar refractivity (Wildman–Crippen MR) is 84.5 cm³/mol. The van der Waals surface area contributed by atoms with Gasteiger partial charge in [-0.3, -0.25) is 4.68 Å². The van der Waals surface area contributed by atoms with Gasteiger partial charge >= 0.3 is 0 Å². The van der Waals surface area contributed by atoms with E-state index in [0.29, 0.717) is 6.54 Å². The molecule has 0 spiro atoms. The van der Waals surface area contributed by atoms with E-state index in [-0.39, 0.29) is 0 Å². The zero-order valence-corrected chi connectivity index (χ0v) is 13.0. The number of halogens is 1. The molecule has 2 N–H and O–H groups in total. The van der Waals surface area contributed by atoms with E-state index in [2.05, 4.69) is 50.7 Å². The fourth-order valence-electron chi connectivity index (χ4n) is 2.30. The molecule has 3 aromatic rings. The molecule has 0 fully saturated rings. The zero-order chi connectivity index (χ0) is 13.4. The van der Waals surface area contributed by atoms with Crippen molar-refractivity contribution >= 4 is 37.4 Å². The molecule has 5 heteroatoms. The van der Waals surface area contributed by atoms with Crippen molar-refractivity contribution in [2.45, 2.75) is 6.42 Å². The summed E-state index contributed by atoms with van der Waals surface area (Å²) in [4.78, 5) is 0. The van der Waals surface area contributed by atoms with Crippen molar-refractivity contribution in [3.63, 3.8) is 0 Å². The first-order chi connectivity index (χ1) is 9.22. The van der Waals surface area contributed by atoms with E-state index in [1.165, 1.54) is 15.6 Å². The first-order valence-corrected chi connectivity index (χ1v) is 7.77. The number of thiophene rings is 1. The Bertz CT molecular complexity index is 729. The molecule has 98 valence electrons. The smallest absolute Gasteiger partial charge is 0.0838 e. The van der Waals surface area contributed by atoms with Crippen molar-refractivity contribution in [1.29, 1.82) is 0 Å². The van der Waals surface area contributed by atoms with Crippen LogP contribution >= 0.6 is 27.3 Å². The molecular formula is C14H14BrN3S. The van der Waals surface area contributed by atoms with Gasteiger partial charge in [0.2, 0.25) is 0 Å². The Morgan fingerprint density at radius 3 is 2.95 bits per heavy atom. The zero-order valence-electron chi connectivity index (χ0n) is 10.6. The number of nitrogens with two attached hydrogens (primary N) is 1. The maximum absolute atomic E-state index is 5.63. The topological polar surface area (TPSA) is 43.8 Å². The van der Waals surface area contributed by atoms with Gasteiger partial charge in [-0.2, -0.15) is 5.10 Å². The van der Waals surface area contributed by atoms with E-state index >= 15 is 0 Å². The summed E-state index contributed by atoms with van der Waals surface area (Å²) in [6.07, 6.45) is 0.788. The highest BCUT2D eigenvalue weighted by atomic mass is 79.9. The molecule has 1 aromatic carbocycles. The number of rotatable bonds is 3. The van der Waals surface area contributed by atoms with Crippen LogP contribution in [0.15, 0.2) is 34.1 Å². The standard InChI is InChI=1S/C14H14BrN3S/c1-18-14(13(15)11(17-18)6-7-16)10-8-19-12-5-3-2-4-9(10)12/h2-5,8H,6-7,16H2,1H3. The highest BCUT2D eigenvalue weighted by Crippen LogP contribution is 2.38. The lowest BCUT2D eigenvalue weighted by molar-refractivity contribution is 0.745. The summed E-state index contributed by atoms with van der Waals surface area (Å²) in [5, 5.41) is 8.02. The minimum atomic E-state index is 0.611. The van der Waals surface area contributed by atoms with Gasteiger partial charge in [0.15, 0.2) is 0 Å². The van der Waals surface area contributed by atoms with Crippen LogP contribution in [0.4, 0.5) is 0 Å². The van der Waals surface area contributed by atoms with Gasteiger partial charge in [0.05, 0.1) is 15.9 Å². The van der Waals surface area contributed by atoms with Gasteiger partial charge < -0.3 is 5.73 Å². The Morgan fingerprint density at radius 2 is 2.16 bits per heavy atom. The molecule has 0 amide bonds. The van der Waals surface area contributed by atoms with Crippen LogP contribution in [0, 0.1) is 0 Å². The molecule has 19 heavy (non-hydrogen) atoms. The second-order valence-electron chi connectivity index (χ2n) is 4.42. The van der Waals surface area contributed by atoms with E-state index in [1.54, 1.807) is 11.3 Å². The molecule has 0 atom stereocenters. The number of benzene rings is 1. The molecule has 0 radical (unpaired) electrons. The Morgan fingerprint density at radius 1 is 1.37 bits per heavy atom. The third-order valence-electron chi connectivity index (χ3n) is 3.17. The molecule has 3 rings (SSSR count). The van der Waals surface area contributed by atoms with Gasteiger partial charge in [-0.05, 0) is 28.5 Å². The van der Waals surface area contributed by atoms with E-state index in [0.717, 1.165) is 22.3 Å². The van der Waals surface area contributed by atoms with E-state index in [4.69, 9.17) is 5.73 Å². The molecule has 0 saturated heterocycles. The molecule has 0 aliphatic rings. The molecular weight excluding hydrogens is 322 g/mol. The molecule has 2 aromatic heterocycles. The fraction of sp³-hybridized carbons (Fsp3) is 0.214. The van der Waals surface area contributed by atoms with Crippen LogP contribution in [-0.2, 0) is 13.5 Å². The van der Waals surface area contributed by atoms with Gasteiger partial charge in [-0.25, -0.2) is 0 Å². The number of aryl methyl sites for hydroxylation is 1.